The standard InChI is InChI=1S/C16H19NO5S/c1-4-5-6-17-15(19)13(23-16(17)20)9-10-7-11(21-2)14(18)12(8-10)22-3/h7-9,18H,4-6H2,1-3H3/b13-9-. The van der Waals surface area contributed by atoms with Gasteiger partial charge in [0.15, 0.2) is 11.5 Å². The molecule has 0 aliphatic carbocycles. The van der Waals surface area contributed by atoms with Crippen LogP contribution in [0.2, 0.25) is 0 Å². The van der Waals surface area contributed by atoms with E-state index in [1.807, 2.05) is 6.92 Å². The molecule has 124 valence electrons. The van der Waals surface area contributed by atoms with Gasteiger partial charge in [-0.25, -0.2) is 0 Å². The molecule has 0 aromatic heterocycles. The van der Waals surface area contributed by atoms with Crippen molar-refractivity contribution >= 4 is 29.0 Å². The monoisotopic (exact) mass is 337 g/mol. The molecule has 2 amide bonds. The molecule has 0 bridgehead atoms. The van der Waals surface area contributed by atoms with Gasteiger partial charge in [0.2, 0.25) is 5.75 Å². The summed E-state index contributed by atoms with van der Waals surface area (Å²) in [6.07, 6.45) is 3.29. The molecule has 1 heterocycles. The van der Waals surface area contributed by atoms with Crippen molar-refractivity contribution in [1.29, 1.82) is 0 Å². The summed E-state index contributed by atoms with van der Waals surface area (Å²) in [5, 5.41) is 9.65. The number of amides is 2. The smallest absolute Gasteiger partial charge is 0.293 e. The van der Waals surface area contributed by atoms with Crippen LogP contribution in [0.3, 0.4) is 0 Å². The van der Waals surface area contributed by atoms with E-state index in [0.29, 0.717) is 17.0 Å². The Morgan fingerprint density at radius 2 is 1.83 bits per heavy atom. The van der Waals surface area contributed by atoms with E-state index in [1.54, 1.807) is 18.2 Å². The Labute approximate surface area is 139 Å². The first kappa shape index (κ1) is 17.2. The number of rotatable bonds is 6. The number of carbonyl (C=O) groups excluding carboxylic acids is 2. The molecule has 1 fully saturated rings. The number of carbonyl (C=O) groups is 2. The van der Waals surface area contributed by atoms with Gasteiger partial charge in [-0.1, -0.05) is 13.3 Å². The van der Waals surface area contributed by atoms with Crippen LogP contribution in [0, 0.1) is 0 Å². The Kier molecular flexibility index (Phi) is 5.54. The van der Waals surface area contributed by atoms with Crippen LogP contribution in [0.15, 0.2) is 17.0 Å². The van der Waals surface area contributed by atoms with E-state index in [9.17, 15) is 14.7 Å². The van der Waals surface area contributed by atoms with Crippen molar-refractivity contribution in [2.75, 3.05) is 20.8 Å². The van der Waals surface area contributed by atoms with Crippen LogP contribution in [0.4, 0.5) is 4.79 Å². The van der Waals surface area contributed by atoms with Gasteiger partial charge in [0.1, 0.15) is 0 Å². The van der Waals surface area contributed by atoms with Crippen LogP contribution in [-0.2, 0) is 4.79 Å². The Morgan fingerprint density at radius 1 is 1.22 bits per heavy atom. The lowest BCUT2D eigenvalue weighted by Crippen LogP contribution is -2.29. The van der Waals surface area contributed by atoms with E-state index in [2.05, 4.69) is 0 Å². The number of methoxy groups -OCH3 is 2. The topological polar surface area (TPSA) is 76.1 Å². The zero-order valence-corrected chi connectivity index (χ0v) is 14.1. The number of nitrogens with zero attached hydrogens (tertiary/aromatic N) is 1. The van der Waals surface area contributed by atoms with Gasteiger partial charge in [0.05, 0.1) is 19.1 Å². The summed E-state index contributed by atoms with van der Waals surface area (Å²) in [5.41, 5.74) is 0.609. The van der Waals surface area contributed by atoms with Crippen molar-refractivity contribution in [3.8, 4) is 17.2 Å². The molecule has 2 rings (SSSR count). The predicted molar refractivity (Wildman–Crippen MR) is 88.8 cm³/mol. The lowest BCUT2D eigenvalue weighted by molar-refractivity contribution is -0.122. The lowest BCUT2D eigenvalue weighted by Gasteiger charge is -2.11. The fourth-order valence-corrected chi connectivity index (χ4v) is 3.02. The summed E-state index contributed by atoms with van der Waals surface area (Å²) in [6.45, 7) is 2.44. The summed E-state index contributed by atoms with van der Waals surface area (Å²) in [5.74, 6) is 0.0734. The maximum absolute atomic E-state index is 12.3. The summed E-state index contributed by atoms with van der Waals surface area (Å²) in [6, 6.07) is 3.16. The molecule has 1 N–H and O–H groups in total. The number of phenolic OH excluding ortho intramolecular Hbond substituents is 1. The third-order valence-electron chi connectivity index (χ3n) is 3.41. The highest BCUT2D eigenvalue weighted by atomic mass is 32.2. The first-order valence-electron chi connectivity index (χ1n) is 7.22. The molecule has 1 saturated heterocycles. The number of thioether (sulfide) groups is 1. The second-order valence-electron chi connectivity index (χ2n) is 4.96. The Hall–Kier alpha value is -2.15. The van der Waals surface area contributed by atoms with Gasteiger partial charge in [-0.05, 0) is 42.0 Å². The summed E-state index contributed by atoms with van der Waals surface area (Å²) in [4.78, 5) is 25.8. The van der Waals surface area contributed by atoms with Gasteiger partial charge < -0.3 is 14.6 Å². The van der Waals surface area contributed by atoms with Crippen molar-refractivity contribution in [1.82, 2.24) is 4.90 Å². The highest BCUT2D eigenvalue weighted by Crippen LogP contribution is 2.39. The van der Waals surface area contributed by atoms with E-state index in [4.69, 9.17) is 9.47 Å². The van der Waals surface area contributed by atoms with Crippen molar-refractivity contribution in [2.24, 2.45) is 0 Å². The van der Waals surface area contributed by atoms with Gasteiger partial charge in [0, 0.05) is 6.54 Å². The summed E-state index contributed by atoms with van der Waals surface area (Å²) < 4.78 is 10.2. The van der Waals surface area contributed by atoms with Crippen LogP contribution in [0.1, 0.15) is 25.3 Å². The fraction of sp³-hybridized carbons (Fsp3) is 0.375. The fourth-order valence-electron chi connectivity index (χ4n) is 2.16. The number of ether oxygens (including phenoxy) is 2. The first-order chi connectivity index (χ1) is 11.0. The molecule has 23 heavy (non-hydrogen) atoms. The van der Waals surface area contributed by atoms with Crippen LogP contribution in [-0.4, -0.2) is 41.9 Å². The lowest BCUT2D eigenvalue weighted by atomic mass is 10.1. The van der Waals surface area contributed by atoms with Crippen LogP contribution >= 0.6 is 11.8 Å². The SMILES string of the molecule is CCCCN1C(=O)S/C(=C\c2cc(OC)c(O)c(OC)c2)C1=O. The van der Waals surface area contributed by atoms with E-state index < -0.39 is 0 Å². The maximum Gasteiger partial charge on any atom is 0.293 e. The zero-order chi connectivity index (χ0) is 17.0. The first-order valence-corrected chi connectivity index (χ1v) is 8.03. The largest absolute Gasteiger partial charge is 0.502 e. The van der Waals surface area contributed by atoms with Gasteiger partial charge in [-0.3, -0.25) is 14.5 Å². The van der Waals surface area contributed by atoms with Crippen molar-refractivity contribution in [2.45, 2.75) is 19.8 Å². The van der Waals surface area contributed by atoms with Crippen molar-refractivity contribution in [3.63, 3.8) is 0 Å². The molecule has 1 aliphatic rings. The van der Waals surface area contributed by atoms with E-state index in [-0.39, 0.29) is 28.4 Å². The van der Waals surface area contributed by atoms with E-state index in [0.717, 1.165) is 24.6 Å². The van der Waals surface area contributed by atoms with Crippen LogP contribution in [0.25, 0.3) is 6.08 Å². The van der Waals surface area contributed by atoms with Crippen LogP contribution < -0.4 is 9.47 Å². The summed E-state index contributed by atoms with van der Waals surface area (Å²) in [7, 11) is 2.85. The second kappa shape index (κ2) is 7.41. The minimum Gasteiger partial charge on any atom is -0.502 e. The molecule has 0 radical (unpaired) electrons. The van der Waals surface area contributed by atoms with E-state index in [1.165, 1.54) is 19.1 Å². The normalized spacial score (nSPS) is 16.3. The minimum atomic E-state index is -0.292. The molecule has 0 atom stereocenters. The highest BCUT2D eigenvalue weighted by Gasteiger charge is 2.34. The Bertz CT molecular complexity index is 631. The zero-order valence-electron chi connectivity index (χ0n) is 13.3. The van der Waals surface area contributed by atoms with Crippen molar-refractivity contribution in [3.05, 3.63) is 22.6 Å². The molecule has 1 aliphatic heterocycles. The third kappa shape index (κ3) is 3.61. The number of unbranched alkanes of at least 4 members (excludes halogenated alkanes) is 1. The Balaban J connectivity index is 2.32. The molecule has 0 unspecified atom stereocenters. The average molecular weight is 337 g/mol. The summed E-state index contributed by atoms with van der Waals surface area (Å²) >= 11 is 0.913. The molecular formula is C16H19NO5S. The molecule has 6 nitrogen and oxygen atoms in total. The second-order valence-corrected chi connectivity index (χ2v) is 5.95. The van der Waals surface area contributed by atoms with Gasteiger partial charge in [-0.2, -0.15) is 0 Å². The molecule has 7 heteroatoms. The predicted octanol–water partition coefficient (Wildman–Crippen LogP) is 3.25. The van der Waals surface area contributed by atoms with Gasteiger partial charge in [0.25, 0.3) is 11.1 Å². The third-order valence-corrected chi connectivity index (χ3v) is 4.32. The number of imide groups is 1. The Morgan fingerprint density at radius 3 is 2.35 bits per heavy atom. The molecule has 1 aromatic rings. The molecule has 0 spiro atoms. The van der Waals surface area contributed by atoms with Gasteiger partial charge >= 0.3 is 0 Å². The maximum atomic E-state index is 12.3. The average Bonchev–Trinajstić information content (AvgIpc) is 2.80. The number of benzene rings is 1. The quantitative estimate of drug-likeness (QED) is 0.803. The highest BCUT2D eigenvalue weighted by molar-refractivity contribution is 8.18. The molecule has 1 aromatic carbocycles. The molecular weight excluding hydrogens is 318 g/mol. The number of hydrogen-bond donors (Lipinski definition) is 1. The number of hydrogen-bond acceptors (Lipinski definition) is 6. The number of phenols is 1. The van der Waals surface area contributed by atoms with Gasteiger partial charge in [-0.15, -0.1) is 0 Å². The van der Waals surface area contributed by atoms with Crippen molar-refractivity contribution < 1.29 is 24.2 Å². The molecule has 0 saturated carbocycles. The van der Waals surface area contributed by atoms with Crippen LogP contribution in [0.5, 0.6) is 17.2 Å². The minimum absolute atomic E-state index is 0.108. The van der Waals surface area contributed by atoms with E-state index >= 15 is 0 Å². The number of aromatic hydroxyl groups is 1.